The van der Waals surface area contributed by atoms with Crippen LogP contribution in [-0.4, -0.2) is 17.8 Å². The first kappa shape index (κ1) is 20.6. The summed E-state index contributed by atoms with van der Waals surface area (Å²) in [6.45, 7) is 10.2. The Labute approximate surface area is 159 Å². The van der Waals surface area contributed by atoms with Crippen molar-refractivity contribution in [2.24, 2.45) is 0 Å². The number of fused-ring (bicyclic) bond motifs is 1. The van der Waals surface area contributed by atoms with Gasteiger partial charge in [-0.05, 0) is 65.7 Å². The lowest BCUT2D eigenvalue weighted by Crippen LogP contribution is -2.08. The summed E-state index contributed by atoms with van der Waals surface area (Å²) in [7, 11) is 0. The van der Waals surface area contributed by atoms with Crippen LogP contribution in [0.4, 0.5) is 0 Å². The average Bonchev–Trinajstić information content (AvgIpc) is 2.57. The molecule has 2 aromatic rings. The van der Waals surface area contributed by atoms with Crippen LogP contribution in [0.3, 0.4) is 0 Å². The Morgan fingerprint density at radius 2 is 1.96 bits per heavy atom. The maximum Gasteiger partial charge on any atom is 0.382 e. The van der Waals surface area contributed by atoms with E-state index in [9.17, 15) is 9.90 Å². The quantitative estimate of drug-likeness (QED) is 0.499. The first-order valence-corrected chi connectivity index (χ1v) is 9.16. The molecule has 0 radical (unpaired) electrons. The Balaban J connectivity index is 2.30. The van der Waals surface area contributed by atoms with Crippen molar-refractivity contribution in [1.29, 1.82) is 0 Å². The lowest BCUT2D eigenvalue weighted by molar-refractivity contribution is 0.243. The summed E-state index contributed by atoms with van der Waals surface area (Å²) in [4.78, 5) is 11.9. The Morgan fingerprint density at radius 3 is 2.63 bits per heavy atom. The van der Waals surface area contributed by atoms with Crippen molar-refractivity contribution in [3.8, 4) is 17.2 Å². The minimum Gasteiger partial charge on any atom is -0.499 e. The third kappa shape index (κ3) is 5.64. The molecule has 0 aliphatic carbocycles. The van der Waals surface area contributed by atoms with Gasteiger partial charge in [0.05, 0.1) is 6.10 Å². The lowest BCUT2D eigenvalue weighted by Gasteiger charge is -2.15. The van der Waals surface area contributed by atoms with E-state index < -0.39 is 11.4 Å². The van der Waals surface area contributed by atoms with Gasteiger partial charge < -0.3 is 19.0 Å². The zero-order valence-electron chi connectivity index (χ0n) is 16.7. The van der Waals surface area contributed by atoms with E-state index in [-0.39, 0.29) is 18.5 Å². The van der Waals surface area contributed by atoms with Crippen molar-refractivity contribution in [2.45, 2.75) is 53.6 Å². The second-order valence-electron chi connectivity index (χ2n) is 7.04. The van der Waals surface area contributed by atoms with Gasteiger partial charge in [-0.25, -0.2) is 4.79 Å². The molecule has 2 rings (SSSR count). The summed E-state index contributed by atoms with van der Waals surface area (Å²) >= 11 is 0. The molecule has 1 N–H and O–H groups in total. The van der Waals surface area contributed by atoms with Crippen molar-refractivity contribution in [3.05, 3.63) is 51.9 Å². The standard InChI is InChI=1S/C22H28O5/c1-14(2)8-6-9-16(5)12-13-25-21-19-17(26-15(3)4)10-7-11-18(19)27-22(24)20(21)23/h7-8,10-12,15,23H,6,9,13H2,1-5H3/b16-12+. The molecule has 0 unspecified atom stereocenters. The van der Waals surface area contributed by atoms with Crippen LogP contribution in [0.2, 0.25) is 0 Å². The monoisotopic (exact) mass is 372 g/mol. The van der Waals surface area contributed by atoms with Gasteiger partial charge in [0.25, 0.3) is 0 Å². The van der Waals surface area contributed by atoms with Crippen LogP contribution in [0.1, 0.15) is 47.5 Å². The van der Waals surface area contributed by atoms with Crippen LogP contribution in [0.5, 0.6) is 17.2 Å². The van der Waals surface area contributed by atoms with Crippen molar-refractivity contribution in [3.63, 3.8) is 0 Å². The molecule has 0 fully saturated rings. The number of hydrogen-bond acceptors (Lipinski definition) is 5. The summed E-state index contributed by atoms with van der Waals surface area (Å²) in [5.74, 6) is 0.0459. The van der Waals surface area contributed by atoms with Crippen LogP contribution in [0.15, 0.2) is 50.7 Å². The molecule has 5 nitrogen and oxygen atoms in total. The van der Waals surface area contributed by atoms with Gasteiger partial charge in [0.2, 0.25) is 5.75 Å². The number of hydrogen-bond donors (Lipinski definition) is 1. The van der Waals surface area contributed by atoms with Crippen molar-refractivity contribution >= 4 is 11.0 Å². The number of aromatic hydroxyl groups is 1. The highest BCUT2D eigenvalue weighted by atomic mass is 16.5. The van der Waals surface area contributed by atoms with E-state index in [1.54, 1.807) is 18.2 Å². The van der Waals surface area contributed by atoms with Crippen molar-refractivity contribution in [2.75, 3.05) is 6.61 Å². The molecule has 1 aromatic carbocycles. The zero-order valence-corrected chi connectivity index (χ0v) is 16.7. The molecule has 5 heteroatoms. The van der Waals surface area contributed by atoms with Crippen LogP contribution in [0.25, 0.3) is 11.0 Å². The topological polar surface area (TPSA) is 68.9 Å². The van der Waals surface area contributed by atoms with Crippen LogP contribution in [0, 0.1) is 0 Å². The highest BCUT2D eigenvalue weighted by Crippen LogP contribution is 2.38. The molecule has 0 aliphatic heterocycles. The molecular weight excluding hydrogens is 344 g/mol. The molecule has 1 heterocycles. The second-order valence-corrected chi connectivity index (χ2v) is 7.04. The number of allylic oxidation sites excluding steroid dienone is 3. The largest absolute Gasteiger partial charge is 0.499 e. The van der Waals surface area contributed by atoms with E-state index in [0.29, 0.717) is 16.7 Å². The Kier molecular flexibility index (Phi) is 7.11. The van der Waals surface area contributed by atoms with Gasteiger partial charge in [-0.15, -0.1) is 0 Å². The number of ether oxygens (including phenoxy) is 2. The Bertz CT molecular complexity index is 899. The minimum atomic E-state index is -0.830. The van der Waals surface area contributed by atoms with Gasteiger partial charge in [-0.3, -0.25) is 0 Å². The second kappa shape index (κ2) is 9.31. The molecule has 0 spiro atoms. The third-order valence-electron chi connectivity index (χ3n) is 3.94. The Morgan fingerprint density at radius 1 is 1.22 bits per heavy atom. The van der Waals surface area contributed by atoms with Gasteiger partial charge in [-0.2, -0.15) is 0 Å². The molecule has 0 amide bonds. The first-order valence-electron chi connectivity index (χ1n) is 9.16. The fourth-order valence-corrected chi connectivity index (χ4v) is 2.63. The Hall–Kier alpha value is -2.69. The van der Waals surface area contributed by atoms with Gasteiger partial charge in [0, 0.05) is 0 Å². The highest BCUT2D eigenvalue weighted by molar-refractivity contribution is 5.91. The highest BCUT2D eigenvalue weighted by Gasteiger charge is 2.19. The first-order chi connectivity index (χ1) is 12.8. The predicted octanol–water partition coefficient (Wildman–Crippen LogP) is 5.36. The van der Waals surface area contributed by atoms with Gasteiger partial charge in [0.1, 0.15) is 23.3 Å². The molecular formula is C22H28O5. The van der Waals surface area contributed by atoms with Crippen molar-refractivity contribution < 1.29 is 19.0 Å². The summed E-state index contributed by atoms with van der Waals surface area (Å²) in [5, 5.41) is 10.7. The summed E-state index contributed by atoms with van der Waals surface area (Å²) in [5.41, 5.74) is 1.96. The minimum absolute atomic E-state index is 0.0743. The fraction of sp³-hybridized carbons (Fsp3) is 0.409. The number of rotatable bonds is 8. The lowest BCUT2D eigenvalue weighted by atomic mass is 10.1. The van der Waals surface area contributed by atoms with E-state index in [2.05, 4.69) is 19.9 Å². The molecule has 1 aromatic heterocycles. The maximum absolute atomic E-state index is 11.9. The number of benzene rings is 1. The summed E-state index contributed by atoms with van der Waals surface area (Å²) < 4.78 is 16.7. The van der Waals surface area contributed by atoms with E-state index in [1.807, 2.05) is 26.8 Å². The zero-order chi connectivity index (χ0) is 20.0. The van der Waals surface area contributed by atoms with Crippen LogP contribution >= 0.6 is 0 Å². The summed E-state index contributed by atoms with van der Waals surface area (Å²) in [6, 6.07) is 5.14. The molecule has 0 bridgehead atoms. The molecule has 27 heavy (non-hydrogen) atoms. The maximum atomic E-state index is 11.9. The van der Waals surface area contributed by atoms with Crippen LogP contribution in [-0.2, 0) is 0 Å². The predicted molar refractivity (Wildman–Crippen MR) is 108 cm³/mol. The van der Waals surface area contributed by atoms with Gasteiger partial charge in [-0.1, -0.05) is 23.3 Å². The fourth-order valence-electron chi connectivity index (χ4n) is 2.63. The third-order valence-corrected chi connectivity index (χ3v) is 3.94. The molecule has 0 saturated heterocycles. The molecule has 0 saturated carbocycles. The van der Waals surface area contributed by atoms with E-state index in [4.69, 9.17) is 13.9 Å². The van der Waals surface area contributed by atoms with Crippen molar-refractivity contribution in [1.82, 2.24) is 0 Å². The summed E-state index contributed by atoms with van der Waals surface area (Å²) in [6.07, 6.45) is 5.97. The van der Waals surface area contributed by atoms with Crippen LogP contribution < -0.4 is 15.1 Å². The molecule has 146 valence electrons. The van der Waals surface area contributed by atoms with E-state index in [0.717, 1.165) is 12.8 Å². The van der Waals surface area contributed by atoms with Gasteiger partial charge in [0.15, 0.2) is 5.75 Å². The smallest absolute Gasteiger partial charge is 0.382 e. The normalized spacial score (nSPS) is 11.7. The van der Waals surface area contributed by atoms with Gasteiger partial charge >= 0.3 is 5.63 Å². The van der Waals surface area contributed by atoms with E-state index in [1.165, 1.54) is 11.1 Å². The molecule has 0 aliphatic rings. The molecule has 0 atom stereocenters. The average molecular weight is 372 g/mol. The van der Waals surface area contributed by atoms with E-state index >= 15 is 0 Å². The SMILES string of the molecule is CC(C)=CCC/C(C)=C/COc1c(O)c(=O)oc2cccc(OC(C)C)c12.